The van der Waals surface area contributed by atoms with E-state index in [9.17, 15) is 4.79 Å². The van der Waals surface area contributed by atoms with E-state index in [1.54, 1.807) is 0 Å². The molecule has 4 heteroatoms. The Morgan fingerprint density at radius 1 is 1.16 bits per heavy atom. The van der Waals surface area contributed by atoms with Gasteiger partial charge in [0.2, 0.25) is 0 Å². The third-order valence-electron chi connectivity index (χ3n) is 2.33. The van der Waals surface area contributed by atoms with E-state index in [2.05, 4.69) is 5.32 Å². The van der Waals surface area contributed by atoms with Crippen molar-refractivity contribution in [3.63, 3.8) is 0 Å². The maximum absolute atomic E-state index is 11.6. The summed E-state index contributed by atoms with van der Waals surface area (Å²) in [4.78, 5) is 11.6. The summed E-state index contributed by atoms with van der Waals surface area (Å²) in [5.74, 6) is 0. The van der Waals surface area contributed by atoms with Gasteiger partial charge >= 0.3 is 6.09 Å². The van der Waals surface area contributed by atoms with E-state index >= 15 is 0 Å². The minimum Gasteiger partial charge on any atom is -0.444 e. The average molecular weight is 275 g/mol. The lowest BCUT2D eigenvalue weighted by Crippen LogP contribution is -2.26. The summed E-state index contributed by atoms with van der Waals surface area (Å²) in [5.41, 5.74) is 1.75. The van der Waals surface area contributed by atoms with Gasteiger partial charge in [-0.3, -0.25) is 5.32 Å². The molecule has 2 aromatic rings. The van der Waals surface area contributed by atoms with Gasteiger partial charge in [-0.25, -0.2) is 4.79 Å². The molecule has 0 aliphatic carbocycles. The van der Waals surface area contributed by atoms with Crippen molar-refractivity contribution in [3.8, 4) is 11.1 Å². The Morgan fingerprint density at radius 3 is 2.47 bits per heavy atom. The Labute approximate surface area is 117 Å². The Bertz CT molecular complexity index is 555. The summed E-state index contributed by atoms with van der Waals surface area (Å²) in [5, 5.41) is 5.55. The molecule has 3 nitrogen and oxygen atoms in total. The van der Waals surface area contributed by atoms with Crippen molar-refractivity contribution < 1.29 is 9.53 Å². The van der Waals surface area contributed by atoms with Crippen LogP contribution >= 0.6 is 11.3 Å². The fourth-order valence-electron chi connectivity index (χ4n) is 1.59. The van der Waals surface area contributed by atoms with Crippen molar-refractivity contribution >= 4 is 22.4 Å². The maximum atomic E-state index is 11.6. The van der Waals surface area contributed by atoms with Crippen LogP contribution in [0.5, 0.6) is 0 Å². The second-order valence-corrected chi connectivity index (χ2v) is 6.10. The van der Waals surface area contributed by atoms with Crippen LogP contribution in [0.4, 0.5) is 9.80 Å². The first-order valence-corrected chi connectivity index (χ1v) is 6.96. The van der Waals surface area contributed by atoms with Crippen molar-refractivity contribution in [2.75, 3.05) is 5.32 Å². The Morgan fingerprint density at radius 2 is 1.84 bits per heavy atom. The van der Waals surface area contributed by atoms with E-state index in [1.807, 2.05) is 62.5 Å². The maximum Gasteiger partial charge on any atom is 0.412 e. The number of ether oxygens (including phenoxy) is 1. The molecule has 1 amide bonds. The first-order chi connectivity index (χ1) is 8.94. The Kier molecular flexibility index (Phi) is 3.90. The molecule has 0 saturated carbocycles. The van der Waals surface area contributed by atoms with Crippen molar-refractivity contribution in [2.45, 2.75) is 26.4 Å². The van der Waals surface area contributed by atoms with Crippen LogP contribution in [0.25, 0.3) is 11.1 Å². The largest absolute Gasteiger partial charge is 0.444 e. The highest BCUT2D eigenvalue weighted by Crippen LogP contribution is 2.29. The Hall–Kier alpha value is -1.81. The van der Waals surface area contributed by atoms with Crippen molar-refractivity contribution in [3.05, 3.63) is 41.8 Å². The van der Waals surface area contributed by atoms with Crippen LogP contribution in [0.15, 0.2) is 41.8 Å². The summed E-state index contributed by atoms with van der Waals surface area (Å²) < 4.78 is 5.21. The third-order valence-corrected chi connectivity index (χ3v) is 3.18. The molecule has 1 aromatic carbocycles. The van der Waals surface area contributed by atoms with E-state index in [-0.39, 0.29) is 0 Å². The topological polar surface area (TPSA) is 38.3 Å². The third kappa shape index (κ3) is 4.10. The molecule has 0 atom stereocenters. The summed E-state index contributed by atoms with van der Waals surface area (Å²) in [6.45, 7) is 5.53. The number of amides is 1. The lowest BCUT2D eigenvalue weighted by Gasteiger charge is -2.19. The molecule has 2 rings (SSSR count). The molecule has 19 heavy (non-hydrogen) atoms. The van der Waals surface area contributed by atoms with Gasteiger partial charge in [0.05, 0.1) is 5.00 Å². The summed E-state index contributed by atoms with van der Waals surface area (Å²) in [6.07, 6.45) is -0.422. The van der Waals surface area contributed by atoms with Crippen molar-refractivity contribution in [1.82, 2.24) is 0 Å². The number of carbonyl (C=O) groups is 1. The SMILES string of the molecule is CC(C)(C)OC(=O)Nc1cc(-c2ccccc2)cs1. The summed E-state index contributed by atoms with van der Waals surface area (Å²) in [7, 11) is 0. The zero-order chi connectivity index (χ0) is 13.9. The van der Waals surface area contributed by atoms with Gasteiger partial charge in [-0.1, -0.05) is 30.3 Å². The van der Waals surface area contributed by atoms with Gasteiger partial charge in [-0.05, 0) is 38.0 Å². The Balaban J connectivity index is 2.04. The molecule has 0 aliphatic rings. The molecular weight excluding hydrogens is 258 g/mol. The summed E-state index contributed by atoms with van der Waals surface area (Å²) >= 11 is 1.49. The molecule has 0 unspecified atom stereocenters. The summed E-state index contributed by atoms with van der Waals surface area (Å²) in [6, 6.07) is 12.0. The van der Waals surface area contributed by atoms with Crippen LogP contribution in [0.2, 0.25) is 0 Å². The molecule has 1 N–H and O–H groups in total. The second-order valence-electron chi connectivity index (χ2n) is 5.19. The smallest absolute Gasteiger partial charge is 0.412 e. The number of nitrogens with one attached hydrogen (secondary N) is 1. The van der Waals surface area contributed by atoms with Crippen molar-refractivity contribution in [1.29, 1.82) is 0 Å². The minimum atomic E-state index is -0.483. The number of hydrogen-bond donors (Lipinski definition) is 1. The molecule has 0 bridgehead atoms. The van der Waals surface area contributed by atoms with Crippen molar-refractivity contribution in [2.24, 2.45) is 0 Å². The van der Waals surface area contributed by atoms with Gasteiger partial charge in [0.15, 0.2) is 0 Å². The predicted octanol–water partition coefficient (Wildman–Crippen LogP) is 4.76. The first-order valence-electron chi connectivity index (χ1n) is 6.08. The van der Waals surface area contributed by atoms with E-state index in [4.69, 9.17) is 4.74 Å². The van der Waals surface area contributed by atoms with E-state index in [0.717, 1.165) is 16.1 Å². The molecular formula is C15H17NO2S. The number of hydrogen-bond acceptors (Lipinski definition) is 3. The number of anilines is 1. The zero-order valence-electron chi connectivity index (χ0n) is 11.3. The van der Waals surface area contributed by atoms with Crippen LogP contribution < -0.4 is 5.32 Å². The fraction of sp³-hybridized carbons (Fsp3) is 0.267. The van der Waals surface area contributed by atoms with Crippen LogP contribution in [0.1, 0.15) is 20.8 Å². The number of benzene rings is 1. The highest BCUT2D eigenvalue weighted by molar-refractivity contribution is 7.14. The van der Waals surface area contributed by atoms with Crippen LogP contribution in [-0.2, 0) is 4.74 Å². The lowest BCUT2D eigenvalue weighted by atomic mass is 10.1. The molecule has 0 spiro atoms. The van der Waals surface area contributed by atoms with E-state index < -0.39 is 11.7 Å². The van der Waals surface area contributed by atoms with Gasteiger partial charge < -0.3 is 4.74 Å². The van der Waals surface area contributed by atoms with Gasteiger partial charge in [0, 0.05) is 5.38 Å². The molecule has 1 heterocycles. The van der Waals surface area contributed by atoms with Gasteiger partial charge in [-0.2, -0.15) is 0 Å². The van der Waals surface area contributed by atoms with E-state index in [0.29, 0.717) is 0 Å². The van der Waals surface area contributed by atoms with Crippen LogP contribution in [-0.4, -0.2) is 11.7 Å². The number of rotatable bonds is 2. The molecule has 0 fully saturated rings. The normalized spacial score (nSPS) is 11.1. The second kappa shape index (κ2) is 5.45. The van der Waals surface area contributed by atoms with Gasteiger partial charge in [-0.15, -0.1) is 11.3 Å². The average Bonchev–Trinajstić information content (AvgIpc) is 2.76. The first kappa shape index (κ1) is 13.6. The molecule has 1 aromatic heterocycles. The van der Waals surface area contributed by atoms with Gasteiger partial charge in [0.25, 0.3) is 0 Å². The number of thiophene rings is 1. The van der Waals surface area contributed by atoms with Gasteiger partial charge in [0.1, 0.15) is 5.60 Å². The number of carbonyl (C=O) groups excluding carboxylic acids is 1. The lowest BCUT2D eigenvalue weighted by molar-refractivity contribution is 0.0636. The quantitative estimate of drug-likeness (QED) is 0.858. The van der Waals surface area contributed by atoms with Crippen LogP contribution in [0.3, 0.4) is 0 Å². The predicted molar refractivity (Wildman–Crippen MR) is 79.6 cm³/mol. The highest BCUT2D eigenvalue weighted by atomic mass is 32.1. The zero-order valence-corrected chi connectivity index (χ0v) is 12.1. The fourth-order valence-corrected chi connectivity index (χ4v) is 2.38. The standard InChI is InChI=1S/C15H17NO2S/c1-15(2,3)18-14(17)16-13-9-12(10-19-13)11-7-5-4-6-8-11/h4-10H,1-3H3,(H,16,17). The highest BCUT2D eigenvalue weighted by Gasteiger charge is 2.16. The molecule has 0 radical (unpaired) electrons. The minimum absolute atomic E-state index is 0.422. The molecule has 0 saturated heterocycles. The molecule has 0 aliphatic heterocycles. The monoisotopic (exact) mass is 275 g/mol. The van der Waals surface area contributed by atoms with Crippen LogP contribution in [0, 0.1) is 0 Å². The molecule has 100 valence electrons. The van der Waals surface area contributed by atoms with E-state index in [1.165, 1.54) is 11.3 Å².